The monoisotopic (exact) mass is 686 g/mol. The highest BCUT2D eigenvalue weighted by Gasteiger charge is 2.20. The van der Waals surface area contributed by atoms with Crippen molar-refractivity contribution < 1.29 is 47.9 Å². The number of nitrogens with one attached hydrogen (secondary N) is 2. The molecule has 0 radical (unpaired) electrons. The van der Waals surface area contributed by atoms with E-state index in [0.29, 0.717) is 24.2 Å². The van der Waals surface area contributed by atoms with Crippen LogP contribution in [-0.2, 0) is 0 Å². The predicted octanol–water partition coefficient (Wildman–Crippen LogP) is 0.872. The normalized spacial score (nSPS) is 10.6. The summed E-state index contributed by atoms with van der Waals surface area (Å²) in [4.78, 5) is 46.1. The third-order valence-electron chi connectivity index (χ3n) is 7.17. The highest BCUT2D eigenvalue weighted by Crippen LogP contribution is 2.13. The summed E-state index contributed by atoms with van der Waals surface area (Å²) in [6.07, 6.45) is 0. The van der Waals surface area contributed by atoms with Crippen LogP contribution in [0.15, 0.2) is 48.5 Å². The number of likely N-dealkylation sites (N-methyl/N-ethyl adjacent to an activating group) is 2. The molecule has 0 atom stereocenters. The van der Waals surface area contributed by atoms with Gasteiger partial charge in [0.2, 0.25) is 0 Å². The lowest BCUT2D eigenvalue weighted by Gasteiger charge is -2.35. The van der Waals surface area contributed by atoms with Crippen LogP contribution in [0.2, 0.25) is 0 Å². The molecule has 0 aliphatic rings. The van der Waals surface area contributed by atoms with Crippen molar-refractivity contribution in [2.45, 2.75) is 34.6 Å². The summed E-state index contributed by atoms with van der Waals surface area (Å²) < 4.78 is 0.973. The maximum absolute atomic E-state index is 12.0. The summed E-state index contributed by atoms with van der Waals surface area (Å²) in [5.74, 6) is -0.395. The topological polar surface area (TPSA) is 148 Å². The maximum Gasteiger partial charge on any atom is 0.269 e. The number of carbonyl (C=O) groups excluding carboxylic acids is 2. The molecule has 2 aromatic rings. The van der Waals surface area contributed by atoms with Gasteiger partial charge in [0.15, 0.2) is 0 Å². The van der Waals surface area contributed by atoms with Crippen molar-refractivity contribution in [3.05, 3.63) is 79.9 Å². The lowest BCUT2D eigenvalue weighted by atomic mass is 10.2. The molecule has 12 nitrogen and oxygen atoms in total. The van der Waals surface area contributed by atoms with Gasteiger partial charge in [-0.15, -0.1) is 0 Å². The zero-order valence-electron chi connectivity index (χ0n) is 24.6. The summed E-state index contributed by atoms with van der Waals surface area (Å²) in [5, 5.41) is 26.7. The second-order valence-electron chi connectivity index (χ2n) is 9.16. The van der Waals surface area contributed by atoms with Crippen LogP contribution < -0.4 is 34.6 Å². The van der Waals surface area contributed by atoms with Crippen molar-refractivity contribution in [1.82, 2.24) is 15.5 Å². The van der Waals surface area contributed by atoms with E-state index < -0.39 is 9.85 Å². The SMILES string of the molecule is CCN(CC)CCNC(=O)c1ccc([N+](=O)[O-])cc1.CC[N+](CC)(CC)CCNC(=O)c1ccc([N+](=O)[O-])cc1.[I-]. The number of benzene rings is 2. The first kappa shape index (κ1) is 37.8. The van der Waals surface area contributed by atoms with Gasteiger partial charge in [0.1, 0.15) is 0 Å². The molecule has 0 aliphatic carbocycles. The van der Waals surface area contributed by atoms with Crippen molar-refractivity contribution in [3.63, 3.8) is 0 Å². The number of nitrogens with zero attached hydrogens (tertiary/aromatic N) is 4. The number of halogens is 1. The molecule has 0 fully saturated rings. The van der Waals surface area contributed by atoms with Crippen LogP contribution in [0.4, 0.5) is 11.4 Å². The fraction of sp³-hybridized carbons (Fsp3) is 0.500. The van der Waals surface area contributed by atoms with Gasteiger partial charge in [0.25, 0.3) is 23.2 Å². The Morgan fingerprint density at radius 1 is 0.707 bits per heavy atom. The molecule has 0 bridgehead atoms. The zero-order valence-corrected chi connectivity index (χ0v) is 26.8. The van der Waals surface area contributed by atoms with Crippen molar-refractivity contribution in [2.24, 2.45) is 0 Å². The quantitative estimate of drug-likeness (QED) is 0.122. The van der Waals surface area contributed by atoms with Gasteiger partial charge < -0.3 is 44.0 Å². The van der Waals surface area contributed by atoms with E-state index in [-0.39, 0.29) is 47.2 Å². The zero-order chi connectivity index (χ0) is 30.1. The Kier molecular flexibility index (Phi) is 18.3. The summed E-state index contributed by atoms with van der Waals surface area (Å²) in [6, 6.07) is 11.2. The van der Waals surface area contributed by atoms with E-state index in [1.807, 2.05) is 0 Å². The lowest BCUT2D eigenvalue weighted by Crippen LogP contribution is -3.00. The molecule has 2 amide bonds. The Hall–Kier alpha value is -3.17. The van der Waals surface area contributed by atoms with Gasteiger partial charge >= 0.3 is 0 Å². The molecule has 0 unspecified atom stereocenters. The minimum absolute atomic E-state index is 0. The highest BCUT2D eigenvalue weighted by atomic mass is 127. The van der Waals surface area contributed by atoms with Crippen LogP contribution in [0.1, 0.15) is 55.3 Å². The minimum atomic E-state index is -0.484. The molecule has 41 heavy (non-hydrogen) atoms. The predicted molar refractivity (Wildman–Crippen MR) is 155 cm³/mol. The molecule has 13 heteroatoms. The van der Waals surface area contributed by atoms with Gasteiger partial charge in [-0.3, -0.25) is 29.8 Å². The largest absolute Gasteiger partial charge is 1.00 e. The van der Waals surface area contributed by atoms with E-state index in [4.69, 9.17) is 0 Å². The first-order chi connectivity index (χ1) is 19.1. The molecule has 2 aromatic carbocycles. The van der Waals surface area contributed by atoms with Crippen LogP contribution in [0, 0.1) is 20.2 Å². The van der Waals surface area contributed by atoms with Crippen LogP contribution in [-0.4, -0.2) is 89.9 Å². The van der Waals surface area contributed by atoms with Gasteiger partial charge in [-0.2, -0.15) is 0 Å². The molecule has 0 aromatic heterocycles. The third kappa shape index (κ3) is 12.9. The standard InChI is InChI=1S/C15H23N3O3.C13H19N3O3.HI/c1-4-18(5-2,6-3)12-11-16-15(19)13-7-9-14(10-8-13)17(20)21;1-3-15(4-2)10-9-14-13(17)11-5-7-12(8-6-11)16(18)19;/h7-10H,4-6,11-12H2,1-3H3;5-8H,3-4,9-10H2,1-2H3,(H,14,17);1H. The molecule has 0 heterocycles. The average molecular weight is 687 g/mol. The second kappa shape index (κ2) is 19.8. The maximum atomic E-state index is 12.0. The number of carbonyl (C=O) groups is 2. The summed E-state index contributed by atoms with van der Waals surface area (Å²) in [6.45, 7) is 18.5. The summed E-state index contributed by atoms with van der Waals surface area (Å²) >= 11 is 0. The summed E-state index contributed by atoms with van der Waals surface area (Å²) in [7, 11) is 0. The smallest absolute Gasteiger partial charge is 0.269 e. The number of nitro groups is 2. The molecule has 2 N–H and O–H groups in total. The third-order valence-corrected chi connectivity index (χ3v) is 7.17. The molecule has 0 aliphatic heterocycles. The average Bonchev–Trinajstić information content (AvgIpc) is 2.98. The Morgan fingerprint density at radius 2 is 1.07 bits per heavy atom. The van der Waals surface area contributed by atoms with E-state index in [0.717, 1.165) is 50.3 Å². The first-order valence-electron chi connectivity index (χ1n) is 13.7. The van der Waals surface area contributed by atoms with Crippen molar-refractivity contribution in [2.75, 3.05) is 58.9 Å². The van der Waals surface area contributed by atoms with Crippen LogP contribution in [0.3, 0.4) is 0 Å². The first-order valence-corrected chi connectivity index (χ1v) is 13.7. The number of hydrogen-bond acceptors (Lipinski definition) is 7. The Labute approximate surface area is 259 Å². The Bertz CT molecular complexity index is 1080. The molecule has 228 valence electrons. The molecule has 0 spiro atoms. The van der Waals surface area contributed by atoms with E-state index >= 15 is 0 Å². The van der Waals surface area contributed by atoms with Crippen molar-refractivity contribution >= 4 is 23.2 Å². The van der Waals surface area contributed by atoms with Crippen molar-refractivity contribution in [3.8, 4) is 0 Å². The number of nitro benzene ring substituents is 2. The molecule has 0 saturated carbocycles. The van der Waals surface area contributed by atoms with Crippen LogP contribution >= 0.6 is 0 Å². The summed E-state index contributed by atoms with van der Waals surface area (Å²) in [5.41, 5.74) is 0.859. The fourth-order valence-electron chi connectivity index (χ4n) is 4.09. The van der Waals surface area contributed by atoms with E-state index in [1.54, 1.807) is 0 Å². The number of non-ortho nitro benzene ring substituents is 2. The number of rotatable bonds is 15. The van der Waals surface area contributed by atoms with E-state index in [1.165, 1.54) is 48.5 Å². The van der Waals surface area contributed by atoms with E-state index in [9.17, 15) is 29.8 Å². The van der Waals surface area contributed by atoms with Gasteiger partial charge in [-0.05, 0) is 58.1 Å². The number of quaternary nitrogens is 1. The molecular formula is C28H43IN6O6. The van der Waals surface area contributed by atoms with Gasteiger partial charge in [0, 0.05) is 48.5 Å². The second-order valence-corrected chi connectivity index (χ2v) is 9.16. The lowest BCUT2D eigenvalue weighted by molar-refractivity contribution is -0.922. The minimum Gasteiger partial charge on any atom is -1.00 e. The van der Waals surface area contributed by atoms with Gasteiger partial charge in [-0.1, -0.05) is 13.8 Å². The molecule has 2 rings (SSSR count). The van der Waals surface area contributed by atoms with Crippen LogP contribution in [0.25, 0.3) is 0 Å². The Balaban J connectivity index is 0.000000765. The molecule has 0 saturated heterocycles. The van der Waals surface area contributed by atoms with Crippen LogP contribution in [0.5, 0.6) is 0 Å². The molecular weight excluding hydrogens is 643 g/mol. The van der Waals surface area contributed by atoms with Crippen molar-refractivity contribution in [1.29, 1.82) is 0 Å². The highest BCUT2D eigenvalue weighted by molar-refractivity contribution is 5.94. The van der Waals surface area contributed by atoms with E-state index in [2.05, 4.69) is 50.2 Å². The number of amides is 2. The van der Waals surface area contributed by atoms with Gasteiger partial charge in [0.05, 0.1) is 42.6 Å². The number of hydrogen-bond donors (Lipinski definition) is 2. The fourth-order valence-corrected chi connectivity index (χ4v) is 4.09. The Morgan fingerprint density at radius 3 is 1.39 bits per heavy atom. The van der Waals surface area contributed by atoms with Gasteiger partial charge in [-0.25, -0.2) is 0 Å².